The quantitative estimate of drug-likeness (QED) is 0.101. The van der Waals surface area contributed by atoms with Crippen LogP contribution in [0.5, 0.6) is 0 Å². The molecule has 4 aromatic carbocycles. The van der Waals surface area contributed by atoms with Crippen molar-refractivity contribution in [1.82, 2.24) is 39.9 Å². The third-order valence-electron chi connectivity index (χ3n) is 22.7. The molecule has 4 N–H and O–H groups in total. The molecule has 0 fully saturated rings. The number of benzene rings is 4. The van der Waals surface area contributed by atoms with Crippen LogP contribution in [0.1, 0.15) is 182 Å². The molecule has 6 aromatic heterocycles. The average Bonchev–Trinajstić information content (AvgIpc) is 1.56. The van der Waals surface area contributed by atoms with Crippen LogP contribution in [-0.4, -0.2) is 39.9 Å². The highest BCUT2D eigenvalue weighted by Gasteiger charge is 2.40. The topological polar surface area (TPSA) is 115 Å². The van der Waals surface area contributed by atoms with Gasteiger partial charge in [0, 0.05) is 38.7 Å². The maximum atomic E-state index is 15.7. The number of alkyl halides is 6. The van der Waals surface area contributed by atoms with Crippen molar-refractivity contribution in [2.24, 2.45) is 0 Å². The Bertz CT molecular complexity index is 5930. The van der Waals surface area contributed by atoms with E-state index in [1.54, 1.807) is 24.3 Å². The lowest BCUT2D eigenvalue weighted by molar-refractivity contribution is -0.137. The Morgan fingerprint density at radius 1 is 0.392 bits per heavy atom. The number of rotatable bonds is 5. The molecule has 102 heavy (non-hydrogen) atoms. The Kier molecular flexibility index (Phi) is 17.2. The molecule has 16 heteroatoms. The molecule has 9 heterocycles. The average molecular weight is 1590 g/mol. The zero-order valence-corrected chi connectivity index (χ0v) is 64.9. The summed E-state index contributed by atoms with van der Waals surface area (Å²) < 4.78 is 95.5. The molecule has 14 bridgehead atoms. The molecule has 8 nitrogen and oxygen atoms in total. The summed E-state index contributed by atoms with van der Waals surface area (Å²) in [5.41, 5.74) is 30.8. The Balaban J connectivity index is 1.06. The van der Waals surface area contributed by atoms with E-state index in [9.17, 15) is 0 Å². The smallest absolute Gasteiger partial charge is 0.354 e. The lowest BCUT2D eigenvalue weighted by Gasteiger charge is -2.23. The van der Waals surface area contributed by atoms with Crippen LogP contribution < -0.4 is 0 Å². The first-order valence-corrected chi connectivity index (χ1v) is 36.4. The van der Waals surface area contributed by atoms with Gasteiger partial charge in [-0.3, -0.25) is 4.98 Å². The normalized spacial score (nSPS) is 14.2. The maximum absolute atomic E-state index is 15.7. The van der Waals surface area contributed by atoms with E-state index in [0.717, 1.165) is 192 Å². The summed E-state index contributed by atoms with van der Waals surface area (Å²) >= 11 is 4.64. The van der Waals surface area contributed by atoms with Gasteiger partial charge in [-0.2, -0.15) is 26.3 Å². The van der Waals surface area contributed by atoms with Crippen molar-refractivity contribution in [2.75, 3.05) is 0 Å². The largest absolute Gasteiger partial charge is 0.417 e. The fourth-order valence-corrected chi connectivity index (χ4v) is 17.2. The SMILES string of the molecule is C/C=C(\C)c1nc(C)c(I)c2[nH]c(cc3nc(c(-c4ccc5c(c4)C(C)(C)c4cc(-c6c7nc(c(-c8ccccc8C(F)(F)F)c8[nH]c(c(C)c8C)c(I)c8nc(cc9[nH]c6c(C)c9C)C(C)=C8C)C(C)=C7C)ccc4-5)c4[nH]c(c(C)c4C)c1-c1ccccc1C(F)(F)F)C(C)=C3C)c(C)c2C. The molecule has 0 unspecified atom stereocenters. The molecule has 1 aliphatic carbocycles. The lowest BCUT2D eigenvalue weighted by Crippen LogP contribution is -2.15. The first-order valence-electron chi connectivity index (χ1n) is 34.2. The van der Waals surface area contributed by atoms with E-state index in [-0.39, 0.29) is 11.1 Å². The molecule has 0 amide bonds. The Morgan fingerprint density at radius 3 is 1.27 bits per heavy atom. The highest BCUT2D eigenvalue weighted by Crippen LogP contribution is 2.54. The zero-order chi connectivity index (χ0) is 73.3. The van der Waals surface area contributed by atoms with E-state index in [1.165, 1.54) is 12.1 Å². The van der Waals surface area contributed by atoms with Gasteiger partial charge in [-0.15, -0.1) is 0 Å². The van der Waals surface area contributed by atoms with Crippen molar-refractivity contribution in [1.29, 1.82) is 0 Å². The van der Waals surface area contributed by atoms with Crippen molar-refractivity contribution in [3.63, 3.8) is 0 Å². The van der Waals surface area contributed by atoms with Gasteiger partial charge in [-0.05, 0) is 327 Å². The molecule has 0 atom stereocenters. The fourth-order valence-electron chi connectivity index (χ4n) is 15.5. The number of nitrogens with one attached hydrogen (secondary N) is 4. The molecule has 10 aromatic rings. The van der Waals surface area contributed by atoms with Crippen LogP contribution in [0.25, 0.3) is 139 Å². The predicted molar refractivity (Wildman–Crippen MR) is 427 cm³/mol. The molecular weight excluding hydrogens is 1510 g/mol. The molecule has 0 saturated carbocycles. The van der Waals surface area contributed by atoms with E-state index in [0.29, 0.717) is 56.0 Å². The predicted octanol–water partition coefficient (Wildman–Crippen LogP) is 25.9. The Labute approximate surface area is 617 Å². The molecule has 518 valence electrons. The van der Waals surface area contributed by atoms with Gasteiger partial charge in [-0.25, -0.2) is 15.0 Å². The number of nitrogens with zero attached hydrogens (tertiary/aromatic N) is 4. The number of halogens is 8. The van der Waals surface area contributed by atoms with Crippen LogP contribution in [0.4, 0.5) is 26.3 Å². The highest BCUT2D eigenvalue weighted by molar-refractivity contribution is 14.1. The van der Waals surface area contributed by atoms with Crippen LogP contribution in [-0.2, 0) is 17.8 Å². The molecule has 0 radical (unpaired) electrons. The summed E-state index contributed by atoms with van der Waals surface area (Å²) in [6, 6.07) is 29.0. The van der Waals surface area contributed by atoms with Crippen LogP contribution >= 0.6 is 45.2 Å². The Hall–Kier alpha value is -8.88. The van der Waals surface area contributed by atoms with Gasteiger partial charge in [0.25, 0.3) is 0 Å². The summed E-state index contributed by atoms with van der Waals surface area (Å²) in [4.78, 5) is 37.1. The van der Waals surface area contributed by atoms with E-state index in [4.69, 9.17) is 19.9 Å². The van der Waals surface area contributed by atoms with Gasteiger partial charge in [0.2, 0.25) is 0 Å². The number of allylic oxidation sites excluding steroid dienone is 8. The molecule has 0 spiro atoms. The number of aromatic amines is 4. The number of aromatic nitrogens is 8. The zero-order valence-electron chi connectivity index (χ0n) is 60.6. The van der Waals surface area contributed by atoms with Crippen LogP contribution in [0.15, 0.2) is 103 Å². The van der Waals surface area contributed by atoms with E-state index >= 15 is 26.3 Å². The van der Waals surface area contributed by atoms with E-state index in [1.807, 2.05) is 68.4 Å². The molecule has 4 aliphatic rings. The van der Waals surface area contributed by atoms with Crippen LogP contribution in [0.3, 0.4) is 0 Å². The number of hydrogen-bond acceptors (Lipinski definition) is 4. The van der Waals surface area contributed by atoms with Crippen molar-refractivity contribution in [2.45, 2.75) is 149 Å². The Morgan fingerprint density at radius 2 is 0.765 bits per heavy atom. The number of H-pyrrole nitrogens is 4. The first kappa shape index (κ1) is 70.2. The molecule has 0 saturated heterocycles. The summed E-state index contributed by atoms with van der Waals surface area (Å²) in [6.45, 7) is 38.8. The van der Waals surface area contributed by atoms with Gasteiger partial charge in [0.05, 0.1) is 96.9 Å². The second-order valence-electron chi connectivity index (χ2n) is 28.5. The van der Waals surface area contributed by atoms with Gasteiger partial charge in [0.15, 0.2) is 0 Å². The van der Waals surface area contributed by atoms with Gasteiger partial charge in [-0.1, -0.05) is 80.6 Å². The fraction of sp³-hybridized carbons (Fsp3) is 0.256. The second-order valence-corrected chi connectivity index (χ2v) is 30.7. The third kappa shape index (κ3) is 10.9. The van der Waals surface area contributed by atoms with Crippen molar-refractivity contribution in [3.8, 4) is 55.6 Å². The number of aryl methyl sites for hydroxylation is 9. The maximum Gasteiger partial charge on any atom is 0.417 e. The molecule has 14 rings (SSSR count). The van der Waals surface area contributed by atoms with Gasteiger partial charge >= 0.3 is 12.4 Å². The summed E-state index contributed by atoms with van der Waals surface area (Å²) in [5, 5.41) is 0. The lowest BCUT2D eigenvalue weighted by atomic mass is 9.80. The molecular formula is C86H78F6I2N8. The number of hydrogen-bond donors (Lipinski definition) is 4. The van der Waals surface area contributed by atoms with Crippen LogP contribution in [0, 0.1) is 69.5 Å². The highest BCUT2D eigenvalue weighted by atomic mass is 127. The third-order valence-corrected chi connectivity index (χ3v) is 25.1. The van der Waals surface area contributed by atoms with Gasteiger partial charge in [0.1, 0.15) is 0 Å². The monoisotopic (exact) mass is 1590 g/mol. The minimum Gasteiger partial charge on any atom is -0.354 e. The van der Waals surface area contributed by atoms with Gasteiger partial charge < -0.3 is 19.9 Å². The van der Waals surface area contributed by atoms with Crippen molar-refractivity contribution >= 4 is 128 Å². The number of fused-ring (bicyclic) bond motifs is 17. The van der Waals surface area contributed by atoms with Crippen molar-refractivity contribution < 1.29 is 26.3 Å². The van der Waals surface area contributed by atoms with Crippen LogP contribution in [0.2, 0.25) is 0 Å². The second kappa shape index (κ2) is 24.9. The van der Waals surface area contributed by atoms with Crippen molar-refractivity contribution in [3.05, 3.63) is 223 Å². The summed E-state index contributed by atoms with van der Waals surface area (Å²) in [7, 11) is 0. The molecule has 3 aliphatic heterocycles. The minimum absolute atomic E-state index is 0.00415. The summed E-state index contributed by atoms with van der Waals surface area (Å²) in [6.07, 6.45) is -7.51. The first-order chi connectivity index (χ1) is 48.1. The van der Waals surface area contributed by atoms with E-state index < -0.39 is 28.9 Å². The summed E-state index contributed by atoms with van der Waals surface area (Å²) in [5.74, 6) is 0. The van der Waals surface area contributed by atoms with E-state index in [2.05, 4.69) is 183 Å². The standard InChI is InChI=1S/C86H78F6I2N8/c1-20-37(2)73-69(57-25-21-23-27-59(57)85(87,88)89)78-48(13)46(11)76(100-78)67(74-42(7)38(3)63(96-74)35-65-40(5)44(9)81(98-65)71(93)52(17)95-73)53-29-31-55-56-32-30-54(34-62(56)84(18,19)61(55)33-53)68-75-43(8)39(4)64(97-75)36-66-41(6)45(10)82(99-66)72(94)83-51(16)50(15)80(102-83)70(79-49(14)47(12)77(68)101-79)58-26-22-24-28-60(58)86(90,91)92/h20-36,97-98,100,102H,1-19H3/b37-20+,63-35?,64-36?,65-35?,66-36?,71-52?,73-69?,74-67?,75-68?,76-67?,77-68?,78-69?,79-70?,80-70?,81-71?,82-72?,83-72?,95-52?,95-73?. The minimum atomic E-state index is -4.71.